The van der Waals surface area contributed by atoms with E-state index in [1.807, 2.05) is 61.8 Å². The molecule has 2 aliphatic heterocycles. The Morgan fingerprint density at radius 2 is 0.899 bits per heavy atom. The van der Waals surface area contributed by atoms with Crippen molar-refractivity contribution in [3.8, 4) is 0 Å². The molecule has 2 aliphatic rings. The number of aliphatic hydroxyl groups excluding tert-OH is 2. The van der Waals surface area contributed by atoms with E-state index in [-0.39, 0.29) is 76.9 Å². The van der Waals surface area contributed by atoms with Gasteiger partial charge in [0, 0.05) is 76.8 Å². The number of benzene rings is 4. The largest absolute Gasteiger partial charge is 0.395 e. The standard InChI is InChI=1S/C65H78N18O12S4/c1-7-79(8-2)43-25-27-47(75-77-64-70-57(81-29-17-11-18-30-81)53(96-64)39-45(41(5)86)59(88)66-49-21-13-15-23-55(49)98(90,91)92)51(37-43)68-61-72-62(74-63(73-61)83(33-35-84)34-36-85)69-52-38-44(80(9-3)10-4)26-28-48(52)76-78-65-71-58(82-31-19-12-20-32-82)54(97-65)40-46(42(6)87)60(89)67-50-22-14-16-24-56(50)99(93,94)95/h13-16,21-28,37-40,84-85H,7-12,17-20,29-36H2,1-6H3,(H,66,88)(H,67,89)(H,90,91,92)(H,93,94,95)(H2,68,69,72,73,74)/b45-39-,46-40+,77-75?,78-76?. The van der Waals surface area contributed by atoms with Gasteiger partial charge in [0.15, 0.2) is 11.6 Å². The van der Waals surface area contributed by atoms with E-state index in [1.54, 1.807) is 17.0 Å². The van der Waals surface area contributed by atoms with Crippen molar-refractivity contribution in [1.29, 1.82) is 0 Å². The van der Waals surface area contributed by atoms with Crippen molar-refractivity contribution < 1.29 is 55.3 Å². The fourth-order valence-corrected chi connectivity index (χ4v) is 14.0. The quantitative estimate of drug-likeness (QED) is 0.00658. The summed E-state index contributed by atoms with van der Waals surface area (Å²) in [6.07, 6.45) is 8.18. The molecule has 0 bridgehead atoms. The second kappa shape index (κ2) is 33.8. The Hall–Kier alpha value is -9.55. The zero-order valence-electron chi connectivity index (χ0n) is 55.4. The number of hydrogen-bond acceptors (Lipinski definition) is 28. The van der Waals surface area contributed by atoms with Crippen molar-refractivity contribution >= 4 is 164 Å². The van der Waals surface area contributed by atoms with Crippen LogP contribution in [0.5, 0.6) is 0 Å². The number of carbonyl (C=O) groups is 4. The number of aliphatic hydroxyl groups is 2. The number of para-hydroxylation sites is 2. The predicted octanol–water partition coefficient (Wildman–Crippen LogP) is 11.3. The van der Waals surface area contributed by atoms with E-state index in [2.05, 4.69) is 41.3 Å². The third-order valence-corrected chi connectivity index (χ3v) is 19.6. The van der Waals surface area contributed by atoms with E-state index < -0.39 is 53.4 Å². The molecule has 7 aromatic rings. The number of nitrogens with one attached hydrogen (secondary N) is 4. The first-order valence-corrected chi connectivity index (χ1v) is 36.6. The van der Waals surface area contributed by atoms with E-state index in [4.69, 9.17) is 35.1 Å². The van der Waals surface area contributed by atoms with Crippen LogP contribution < -0.4 is 45.8 Å². The number of aromatic nitrogens is 5. The molecule has 0 aliphatic carbocycles. The summed E-state index contributed by atoms with van der Waals surface area (Å²) in [6, 6.07) is 21.5. The molecule has 0 atom stereocenters. The van der Waals surface area contributed by atoms with Crippen LogP contribution in [-0.4, -0.2) is 163 Å². The van der Waals surface area contributed by atoms with E-state index >= 15 is 0 Å². The van der Waals surface area contributed by atoms with E-state index in [0.29, 0.717) is 96.5 Å². The van der Waals surface area contributed by atoms with Crippen LogP contribution in [0.2, 0.25) is 0 Å². The lowest BCUT2D eigenvalue weighted by Crippen LogP contribution is -2.31. The first-order valence-electron chi connectivity index (χ1n) is 32.1. The summed E-state index contributed by atoms with van der Waals surface area (Å²) in [5, 5.41) is 51.3. The number of azo groups is 2. The highest BCUT2D eigenvalue weighted by molar-refractivity contribution is 7.86. The van der Waals surface area contributed by atoms with Crippen molar-refractivity contribution in [3.05, 3.63) is 106 Å². The molecule has 9 rings (SSSR count). The summed E-state index contributed by atoms with van der Waals surface area (Å²) < 4.78 is 68.6. The van der Waals surface area contributed by atoms with Crippen molar-refractivity contribution in [1.82, 2.24) is 24.9 Å². The maximum Gasteiger partial charge on any atom is 0.296 e. The van der Waals surface area contributed by atoms with Gasteiger partial charge < -0.3 is 56.0 Å². The molecular weight excluding hydrogens is 1350 g/mol. The van der Waals surface area contributed by atoms with Gasteiger partial charge in [-0.3, -0.25) is 28.3 Å². The topological polar surface area (TPSA) is 396 Å². The minimum Gasteiger partial charge on any atom is -0.395 e. The molecule has 0 spiro atoms. The lowest BCUT2D eigenvalue weighted by Gasteiger charge is -2.27. The van der Waals surface area contributed by atoms with Crippen molar-refractivity contribution in [2.75, 3.05) is 124 Å². The maximum absolute atomic E-state index is 13.9. The highest BCUT2D eigenvalue weighted by Gasteiger charge is 2.28. The van der Waals surface area contributed by atoms with Gasteiger partial charge in [0.1, 0.15) is 32.8 Å². The summed E-state index contributed by atoms with van der Waals surface area (Å²) in [4.78, 5) is 88.1. The molecule has 30 nitrogen and oxygen atoms in total. The molecule has 0 radical (unpaired) electrons. The summed E-state index contributed by atoms with van der Waals surface area (Å²) in [5.74, 6) is -2.12. The molecule has 524 valence electrons. The highest BCUT2D eigenvalue weighted by atomic mass is 32.2. The van der Waals surface area contributed by atoms with Gasteiger partial charge in [-0.05, 0) is 153 Å². The van der Waals surface area contributed by atoms with Gasteiger partial charge in [-0.15, -0.1) is 20.5 Å². The SMILES string of the molecule is CCN(CC)c1ccc(N=Nc2nc(N3CCCCC3)c(/C=C(/C(C)=O)C(=O)Nc3ccccc3S(=O)(=O)O)s2)c(Nc2nc(Nc3cc(N(CC)CC)ccc3N=Nc3nc(N4CCCCC4)c(/C=C(\C(C)=O)C(=O)Nc4ccccc4S(=O)(=O)O)s3)nc(N(CCO)CCO)n2)c1. The number of nitrogens with zero attached hydrogens (tertiary/aromatic N) is 14. The molecule has 4 aromatic carbocycles. The van der Waals surface area contributed by atoms with Gasteiger partial charge in [0.25, 0.3) is 32.1 Å². The molecule has 8 N–H and O–H groups in total. The monoisotopic (exact) mass is 1430 g/mol. The molecular formula is C65H78N18O12S4. The number of hydrogen-bond donors (Lipinski definition) is 8. The summed E-state index contributed by atoms with van der Waals surface area (Å²) in [6.45, 7) is 15.0. The van der Waals surface area contributed by atoms with Gasteiger partial charge in [-0.2, -0.15) is 41.8 Å². The Balaban J connectivity index is 1.10. The number of anilines is 11. The van der Waals surface area contributed by atoms with Crippen LogP contribution in [0.4, 0.5) is 85.2 Å². The van der Waals surface area contributed by atoms with Crippen LogP contribution in [0, 0.1) is 0 Å². The van der Waals surface area contributed by atoms with Gasteiger partial charge >= 0.3 is 0 Å². The number of thiazole rings is 2. The Bertz CT molecular complexity index is 4170. The number of rotatable bonds is 31. The zero-order chi connectivity index (χ0) is 71.0. The minimum absolute atomic E-state index is 0.00207. The average molecular weight is 1430 g/mol. The van der Waals surface area contributed by atoms with Crippen LogP contribution in [0.15, 0.2) is 126 Å². The molecule has 2 saturated heterocycles. The van der Waals surface area contributed by atoms with Crippen LogP contribution >= 0.6 is 22.7 Å². The van der Waals surface area contributed by atoms with Gasteiger partial charge in [0.05, 0.1) is 56.9 Å². The third-order valence-electron chi connectivity index (χ3n) is 16.0. The molecule has 5 heterocycles. The summed E-state index contributed by atoms with van der Waals surface area (Å²) in [5.41, 5.74) is 1.90. The predicted molar refractivity (Wildman–Crippen MR) is 385 cm³/mol. The van der Waals surface area contributed by atoms with Crippen LogP contribution in [0.25, 0.3) is 12.2 Å². The van der Waals surface area contributed by atoms with Crippen molar-refractivity contribution in [3.63, 3.8) is 0 Å². The Morgan fingerprint density at radius 3 is 1.25 bits per heavy atom. The second-order valence-corrected chi connectivity index (χ2v) is 27.5. The van der Waals surface area contributed by atoms with E-state index in [9.17, 15) is 55.3 Å². The fraction of sp³-hybridized carbons (Fsp3) is 0.369. The second-order valence-electron chi connectivity index (χ2n) is 22.7. The lowest BCUT2D eigenvalue weighted by molar-refractivity contribution is -0.120. The van der Waals surface area contributed by atoms with Crippen LogP contribution in [0.1, 0.15) is 89.8 Å². The molecule has 99 heavy (non-hydrogen) atoms. The molecule has 2 amide bonds. The highest BCUT2D eigenvalue weighted by Crippen LogP contribution is 2.41. The van der Waals surface area contributed by atoms with E-state index in [0.717, 1.165) is 84.7 Å². The molecule has 34 heteroatoms. The lowest BCUT2D eigenvalue weighted by atomic mass is 10.1. The Kier molecular flexibility index (Phi) is 25.2. The molecule has 0 saturated carbocycles. The number of amides is 2. The average Bonchev–Trinajstić information content (AvgIpc) is 1.76. The van der Waals surface area contributed by atoms with Gasteiger partial charge in [-0.1, -0.05) is 46.9 Å². The first kappa shape index (κ1) is 73.7. The smallest absolute Gasteiger partial charge is 0.296 e. The van der Waals surface area contributed by atoms with Crippen LogP contribution in [-0.2, 0) is 39.4 Å². The van der Waals surface area contributed by atoms with Gasteiger partial charge in [0.2, 0.25) is 28.1 Å². The summed E-state index contributed by atoms with van der Waals surface area (Å²) in [7, 11) is -9.50. The number of Topliss-reactive ketones (excluding diaryl/α,β-unsaturated/α-hetero) is 2. The zero-order valence-corrected chi connectivity index (χ0v) is 58.7. The van der Waals surface area contributed by atoms with Crippen molar-refractivity contribution in [2.24, 2.45) is 20.5 Å². The van der Waals surface area contributed by atoms with Crippen LogP contribution in [0.3, 0.4) is 0 Å². The number of ketones is 2. The first-order chi connectivity index (χ1) is 47.5. The Labute approximate surface area is 581 Å². The molecule has 2 fully saturated rings. The van der Waals surface area contributed by atoms with E-state index in [1.165, 1.54) is 62.4 Å². The summed E-state index contributed by atoms with van der Waals surface area (Å²) >= 11 is 2.14. The molecule has 3 aromatic heterocycles. The number of carbonyl (C=O) groups excluding carboxylic acids is 4. The third kappa shape index (κ3) is 19.0. The fourth-order valence-electron chi connectivity index (χ4n) is 11.0. The number of piperidine rings is 2. The minimum atomic E-state index is -4.75. The molecule has 0 unspecified atom stereocenters. The van der Waals surface area contributed by atoms with Crippen molar-refractivity contribution in [2.45, 2.75) is 89.9 Å². The maximum atomic E-state index is 13.9. The van der Waals surface area contributed by atoms with Gasteiger partial charge in [-0.25, -0.2) is 0 Å². The Morgan fingerprint density at radius 1 is 0.515 bits per heavy atom. The normalized spacial score (nSPS) is 14.0.